The fourth-order valence-electron chi connectivity index (χ4n) is 2.56. The molecule has 0 radical (unpaired) electrons. The van der Waals surface area contributed by atoms with Gasteiger partial charge in [0.1, 0.15) is 0 Å². The maximum Gasteiger partial charge on any atom is 0.335 e. The minimum atomic E-state index is -0.963. The van der Waals surface area contributed by atoms with Gasteiger partial charge in [-0.25, -0.2) is 9.59 Å². The largest absolute Gasteiger partial charge is 0.478 e. The summed E-state index contributed by atoms with van der Waals surface area (Å²) in [6.45, 7) is 3.75. The third-order valence-electron chi connectivity index (χ3n) is 3.58. The average Bonchev–Trinajstić information content (AvgIpc) is 2.89. The molecule has 0 spiro atoms. The van der Waals surface area contributed by atoms with Crippen LogP contribution in [0.15, 0.2) is 18.2 Å². The van der Waals surface area contributed by atoms with E-state index in [1.165, 1.54) is 0 Å². The van der Waals surface area contributed by atoms with Crippen LogP contribution in [-0.2, 0) is 13.1 Å². The summed E-state index contributed by atoms with van der Waals surface area (Å²) in [5.74, 6) is -0.963. The highest BCUT2D eigenvalue weighted by atomic mass is 16.4. The van der Waals surface area contributed by atoms with Crippen LogP contribution in [0.5, 0.6) is 0 Å². The Bertz CT molecular complexity index is 538. The van der Waals surface area contributed by atoms with E-state index < -0.39 is 5.97 Å². The van der Waals surface area contributed by atoms with Crippen LogP contribution in [0, 0.1) is 0 Å². The SMILES string of the molecule is CCCN(CCO)C(=O)N1Cc2ccc(C(=O)O)cc2C1. The van der Waals surface area contributed by atoms with Crippen LogP contribution in [0.1, 0.15) is 34.8 Å². The van der Waals surface area contributed by atoms with Crippen LogP contribution in [0.4, 0.5) is 4.79 Å². The molecule has 21 heavy (non-hydrogen) atoms. The Labute approximate surface area is 123 Å². The number of carbonyl (C=O) groups excluding carboxylic acids is 1. The highest BCUT2D eigenvalue weighted by Gasteiger charge is 2.27. The molecule has 1 aromatic carbocycles. The second-order valence-electron chi connectivity index (χ2n) is 5.14. The number of carboxylic acid groups (broad SMARTS) is 1. The first kappa shape index (κ1) is 15.3. The third kappa shape index (κ3) is 3.33. The van der Waals surface area contributed by atoms with Gasteiger partial charge in [-0.1, -0.05) is 13.0 Å². The smallest absolute Gasteiger partial charge is 0.335 e. The summed E-state index contributed by atoms with van der Waals surface area (Å²) in [7, 11) is 0. The van der Waals surface area contributed by atoms with Gasteiger partial charge in [0.15, 0.2) is 0 Å². The maximum absolute atomic E-state index is 12.4. The van der Waals surface area contributed by atoms with Crippen LogP contribution in [0.25, 0.3) is 0 Å². The first-order valence-corrected chi connectivity index (χ1v) is 7.06. The molecule has 2 amide bonds. The highest BCUT2D eigenvalue weighted by molar-refractivity contribution is 5.88. The molecule has 0 fully saturated rings. The van der Waals surface area contributed by atoms with Crippen molar-refractivity contribution in [1.29, 1.82) is 0 Å². The van der Waals surface area contributed by atoms with Gasteiger partial charge in [-0.3, -0.25) is 0 Å². The van der Waals surface area contributed by atoms with Crippen LogP contribution in [-0.4, -0.2) is 51.7 Å². The molecule has 1 heterocycles. The van der Waals surface area contributed by atoms with Crippen molar-refractivity contribution < 1.29 is 19.8 Å². The zero-order valence-corrected chi connectivity index (χ0v) is 12.1. The summed E-state index contributed by atoms with van der Waals surface area (Å²) < 4.78 is 0. The summed E-state index contributed by atoms with van der Waals surface area (Å²) in [6, 6.07) is 4.84. The van der Waals surface area contributed by atoms with E-state index in [4.69, 9.17) is 10.2 Å². The minimum absolute atomic E-state index is 0.0598. The van der Waals surface area contributed by atoms with Gasteiger partial charge in [0.2, 0.25) is 0 Å². The van der Waals surface area contributed by atoms with Gasteiger partial charge < -0.3 is 20.0 Å². The monoisotopic (exact) mass is 292 g/mol. The van der Waals surface area contributed by atoms with Gasteiger partial charge in [0, 0.05) is 26.2 Å². The molecule has 1 aliphatic rings. The van der Waals surface area contributed by atoms with Gasteiger partial charge in [-0.05, 0) is 29.7 Å². The minimum Gasteiger partial charge on any atom is -0.478 e. The third-order valence-corrected chi connectivity index (χ3v) is 3.58. The van der Waals surface area contributed by atoms with Gasteiger partial charge in [-0.15, -0.1) is 0 Å². The van der Waals surface area contributed by atoms with E-state index in [0.717, 1.165) is 17.5 Å². The Morgan fingerprint density at radius 2 is 1.95 bits per heavy atom. The van der Waals surface area contributed by atoms with Crippen molar-refractivity contribution in [3.05, 3.63) is 34.9 Å². The number of hydrogen-bond acceptors (Lipinski definition) is 3. The van der Waals surface area contributed by atoms with Gasteiger partial charge >= 0.3 is 12.0 Å². The van der Waals surface area contributed by atoms with Crippen LogP contribution in [0.2, 0.25) is 0 Å². The number of aliphatic hydroxyl groups is 1. The van der Waals surface area contributed by atoms with Gasteiger partial charge in [0.05, 0.1) is 12.2 Å². The summed E-state index contributed by atoms with van der Waals surface area (Å²) in [4.78, 5) is 26.7. The van der Waals surface area contributed by atoms with Crippen LogP contribution in [0.3, 0.4) is 0 Å². The van der Waals surface area contributed by atoms with Crippen molar-refractivity contribution >= 4 is 12.0 Å². The van der Waals surface area contributed by atoms with Gasteiger partial charge in [0.25, 0.3) is 0 Å². The predicted molar refractivity (Wildman–Crippen MR) is 77.0 cm³/mol. The average molecular weight is 292 g/mol. The topological polar surface area (TPSA) is 81.1 Å². The fraction of sp³-hybridized carbons (Fsp3) is 0.467. The quantitative estimate of drug-likeness (QED) is 0.862. The van der Waals surface area contributed by atoms with E-state index in [0.29, 0.717) is 26.2 Å². The summed E-state index contributed by atoms with van der Waals surface area (Å²) in [5.41, 5.74) is 2.10. The second-order valence-corrected chi connectivity index (χ2v) is 5.14. The number of aliphatic hydroxyl groups excluding tert-OH is 1. The maximum atomic E-state index is 12.4. The molecule has 2 rings (SSSR count). The van der Waals surface area contributed by atoms with Crippen molar-refractivity contribution in [2.45, 2.75) is 26.4 Å². The second kappa shape index (κ2) is 6.58. The number of rotatable bonds is 5. The number of aromatic carboxylic acids is 1. The molecule has 0 saturated carbocycles. The van der Waals surface area contributed by atoms with Crippen molar-refractivity contribution in [2.24, 2.45) is 0 Å². The Hall–Kier alpha value is -2.08. The lowest BCUT2D eigenvalue weighted by atomic mass is 10.1. The molecule has 0 saturated heterocycles. The first-order valence-electron chi connectivity index (χ1n) is 7.06. The van der Waals surface area contributed by atoms with E-state index >= 15 is 0 Å². The Morgan fingerprint density at radius 1 is 1.24 bits per heavy atom. The Morgan fingerprint density at radius 3 is 2.57 bits per heavy atom. The van der Waals surface area contributed by atoms with Crippen molar-refractivity contribution in [3.63, 3.8) is 0 Å². The van der Waals surface area contributed by atoms with Crippen LogP contribution < -0.4 is 0 Å². The lowest BCUT2D eigenvalue weighted by Crippen LogP contribution is -2.42. The molecule has 0 aromatic heterocycles. The van der Waals surface area contributed by atoms with Crippen molar-refractivity contribution in [3.8, 4) is 0 Å². The molecule has 6 heteroatoms. The number of carboxylic acids is 1. The number of fused-ring (bicyclic) bond motifs is 1. The lowest BCUT2D eigenvalue weighted by Gasteiger charge is -2.27. The van der Waals surface area contributed by atoms with E-state index in [1.807, 2.05) is 6.92 Å². The summed E-state index contributed by atoms with van der Waals surface area (Å²) >= 11 is 0. The number of amides is 2. The van der Waals surface area contributed by atoms with Crippen molar-refractivity contribution in [2.75, 3.05) is 19.7 Å². The normalized spacial score (nSPS) is 13.1. The summed E-state index contributed by atoms with van der Waals surface area (Å²) in [6.07, 6.45) is 0.829. The molecule has 114 valence electrons. The number of benzene rings is 1. The Kier molecular flexibility index (Phi) is 4.80. The lowest BCUT2D eigenvalue weighted by molar-refractivity contribution is 0.0696. The Balaban J connectivity index is 2.11. The number of nitrogens with zero attached hydrogens (tertiary/aromatic N) is 2. The first-order chi connectivity index (χ1) is 10.1. The summed E-state index contributed by atoms with van der Waals surface area (Å²) in [5, 5.41) is 18.1. The van der Waals surface area contributed by atoms with Gasteiger partial charge in [-0.2, -0.15) is 0 Å². The predicted octanol–water partition coefficient (Wildman–Crippen LogP) is 1.52. The standard InChI is InChI=1S/C15H20N2O4/c1-2-5-16(6-7-18)15(21)17-9-12-4-3-11(14(19)20)8-13(12)10-17/h3-4,8,18H,2,5-7,9-10H2,1H3,(H,19,20). The van der Waals surface area contributed by atoms with E-state index in [-0.39, 0.29) is 18.2 Å². The number of hydrogen-bond donors (Lipinski definition) is 2. The molecule has 1 aromatic rings. The molecule has 0 atom stereocenters. The molecule has 2 N–H and O–H groups in total. The molecule has 0 unspecified atom stereocenters. The number of urea groups is 1. The van der Waals surface area contributed by atoms with Crippen molar-refractivity contribution in [1.82, 2.24) is 9.80 Å². The molecular weight excluding hydrogens is 272 g/mol. The zero-order valence-electron chi connectivity index (χ0n) is 12.1. The molecule has 0 bridgehead atoms. The fourth-order valence-corrected chi connectivity index (χ4v) is 2.56. The number of carbonyl (C=O) groups is 2. The highest BCUT2D eigenvalue weighted by Crippen LogP contribution is 2.25. The van der Waals surface area contributed by atoms with Crippen LogP contribution >= 0.6 is 0 Å². The zero-order chi connectivity index (χ0) is 15.4. The van der Waals surface area contributed by atoms with E-state index in [9.17, 15) is 9.59 Å². The van der Waals surface area contributed by atoms with E-state index in [2.05, 4.69) is 0 Å². The molecular formula is C15H20N2O4. The molecule has 0 aliphatic carbocycles. The molecule has 1 aliphatic heterocycles. The molecule has 6 nitrogen and oxygen atoms in total. The van der Waals surface area contributed by atoms with E-state index in [1.54, 1.807) is 28.0 Å².